The van der Waals surface area contributed by atoms with Crippen molar-refractivity contribution in [3.63, 3.8) is 0 Å². The Morgan fingerprint density at radius 3 is 2.00 bits per heavy atom. The fourth-order valence-electron chi connectivity index (χ4n) is 1.74. The third kappa shape index (κ3) is 4.37. The highest BCUT2D eigenvalue weighted by Gasteiger charge is 2.46. The van der Waals surface area contributed by atoms with E-state index in [4.69, 9.17) is 9.47 Å². The van der Waals surface area contributed by atoms with Crippen molar-refractivity contribution in [3.05, 3.63) is 37.0 Å². The van der Waals surface area contributed by atoms with Crippen LogP contribution in [0.3, 0.4) is 0 Å². The average molecular weight is 280 g/mol. The van der Waals surface area contributed by atoms with Crippen LogP contribution in [0.25, 0.3) is 0 Å². The first-order chi connectivity index (χ1) is 9.35. The summed E-state index contributed by atoms with van der Waals surface area (Å²) in [5.74, 6) is -0.940. The second-order valence-corrected chi connectivity index (χ2v) is 4.89. The summed E-state index contributed by atoms with van der Waals surface area (Å²) in [7, 11) is 2.50. The maximum Gasteiger partial charge on any atom is 0.323 e. The number of carbonyl (C=O) groups excluding carboxylic acids is 2. The Morgan fingerprint density at radius 1 is 1.15 bits per heavy atom. The molecule has 20 heavy (non-hydrogen) atoms. The van der Waals surface area contributed by atoms with Crippen molar-refractivity contribution in [2.45, 2.75) is 26.7 Å². The van der Waals surface area contributed by atoms with E-state index in [1.165, 1.54) is 20.3 Å². The molecule has 4 heteroatoms. The molecule has 0 aliphatic rings. The monoisotopic (exact) mass is 280 g/mol. The molecule has 0 aromatic rings. The van der Waals surface area contributed by atoms with Gasteiger partial charge in [0, 0.05) is 0 Å². The van der Waals surface area contributed by atoms with Crippen LogP contribution in [0.5, 0.6) is 0 Å². The van der Waals surface area contributed by atoms with Gasteiger partial charge in [0.1, 0.15) is 0 Å². The summed E-state index contributed by atoms with van der Waals surface area (Å²) in [4.78, 5) is 24.0. The summed E-state index contributed by atoms with van der Waals surface area (Å²) in [5, 5.41) is 0. The molecule has 0 N–H and O–H groups in total. The molecule has 0 atom stereocenters. The Kier molecular flexibility index (Phi) is 7.59. The molecule has 0 rings (SSSR count). The van der Waals surface area contributed by atoms with Crippen molar-refractivity contribution in [1.29, 1.82) is 0 Å². The summed E-state index contributed by atoms with van der Waals surface area (Å²) in [6.07, 6.45) is 5.42. The summed E-state index contributed by atoms with van der Waals surface area (Å²) < 4.78 is 9.50. The quantitative estimate of drug-likeness (QED) is 0.297. The van der Waals surface area contributed by atoms with E-state index in [2.05, 4.69) is 13.2 Å². The normalized spacial score (nSPS) is 11.4. The van der Waals surface area contributed by atoms with E-state index < -0.39 is 17.4 Å². The van der Waals surface area contributed by atoms with E-state index in [1.807, 2.05) is 19.9 Å². The lowest BCUT2D eigenvalue weighted by molar-refractivity contribution is -0.168. The van der Waals surface area contributed by atoms with Gasteiger partial charge in [-0.15, -0.1) is 6.58 Å². The molecule has 0 saturated carbocycles. The number of rotatable bonds is 8. The van der Waals surface area contributed by atoms with Gasteiger partial charge in [-0.2, -0.15) is 0 Å². The SMILES string of the molecule is C=CCC(C/C=C/C(=C)C(C)C)(C(=O)OC)C(=O)OC. The van der Waals surface area contributed by atoms with Gasteiger partial charge in [-0.05, 0) is 18.8 Å². The highest BCUT2D eigenvalue weighted by Crippen LogP contribution is 2.31. The van der Waals surface area contributed by atoms with Crippen molar-refractivity contribution >= 4 is 11.9 Å². The highest BCUT2D eigenvalue weighted by molar-refractivity contribution is 6.00. The largest absolute Gasteiger partial charge is 0.468 e. The number of methoxy groups -OCH3 is 2. The molecule has 0 amide bonds. The van der Waals surface area contributed by atoms with Crippen LogP contribution in [0.2, 0.25) is 0 Å². The van der Waals surface area contributed by atoms with E-state index in [1.54, 1.807) is 6.08 Å². The molecule has 0 heterocycles. The topological polar surface area (TPSA) is 52.6 Å². The summed E-state index contributed by atoms with van der Waals surface area (Å²) >= 11 is 0. The number of hydrogen-bond acceptors (Lipinski definition) is 4. The van der Waals surface area contributed by atoms with Crippen LogP contribution >= 0.6 is 0 Å². The van der Waals surface area contributed by atoms with E-state index in [9.17, 15) is 9.59 Å². The van der Waals surface area contributed by atoms with Crippen molar-refractivity contribution < 1.29 is 19.1 Å². The smallest absolute Gasteiger partial charge is 0.323 e. The number of ether oxygens (including phenoxy) is 2. The van der Waals surface area contributed by atoms with Gasteiger partial charge in [0.25, 0.3) is 0 Å². The molecule has 0 aliphatic carbocycles. The van der Waals surface area contributed by atoms with Crippen LogP contribution in [-0.4, -0.2) is 26.2 Å². The predicted molar refractivity (Wildman–Crippen MR) is 79.0 cm³/mol. The third-order valence-corrected chi connectivity index (χ3v) is 3.18. The summed E-state index contributed by atoms with van der Waals surface area (Å²) in [6, 6.07) is 0. The van der Waals surface area contributed by atoms with Gasteiger partial charge in [-0.1, -0.05) is 44.2 Å². The first-order valence-electron chi connectivity index (χ1n) is 6.48. The minimum atomic E-state index is -1.38. The first kappa shape index (κ1) is 18.2. The van der Waals surface area contributed by atoms with Gasteiger partial charge in [0.15, 0.2) is 5.41 Å². The Labute approximate surface area is 121 Å². The lowest BCUT2D eigenvalue weighted by Crippen LogP contribution is -2.40. The molecule has 112 valence electrons. The zero-order chi connectivity index (χ0) is 15.8. The van der Waals surface area contributed by atoms with Crippen molar-refractivity contribution in [2.75, 3.05) is 14.2 Å². The Bertz CT molecular complexity index is 389. The van der Waals surface area contributed by atoms with Crippen LogP contribution < -0.4 is 0 Å². The molecule has 0 spiro atoms. The molecule has 0 radical (unpaired) electrons. The van der Waals surface area contributed by atoms with Gasteiger partial charge >= 0.3 is 11.9 Å². The van der Waals surface area contributed by atoms with Gasteiger partial charge < -0.3 is 9.47 Å². The van der Waals surface area contributed by atoms with E-state index in [0.29, 0.717) is 5.92 Å². The van der Waals surface area contributed by atoms with Crippen molar-refractivity contribution in [2.24, 2.45) is 11.3 Å². The molecule has 0 fully saturated rings. The lowest BCUT2D eigenvalue weighted by atomic mass is 9.80. The Hall–Kier alpha value is -1.84. The van der Waals surface area contributed by atoms with Crippen LogP contribution in [0.15, 0.2) is 37.0 Å². The summed E-state index contributed by atoms with van der Waals surface area (Å²) in [6.45, 7) is 11.5. The molecular formula is C16H24O4. The second kappa shape index (κ2) is 8.35. The first-order valence-corrected chi connectivity index (χ1v) is 6.48. The van der Waals surface area contributed by atoms with Crippen LogP contribution in [-0.2, 0) is 19.1 Å². The van der Waals surface area contributed by atoms with Crippen molar-refractivity contribution in [1.82, 2.24) is 0 Å². The fraction of sp³-hybridized carbons (Fsp3) is 0.500. The molecule has 0 bridgehead atoms. The maximum absolute atomic E-state index is 12.0. The van der Waals surface area contributed by atoms with Crippen LogP contribution in [0.1, 0.15) is 26.7 Å². The molecule has 0 aromatic carbocycles. The second-order valence-electron chi connectivity index (χ2n) is 4.89. The zero-order valence-corrected chi connectivity index (χ0v) is 12.8. The standard InChI is InChI=1S/C16H24O4/c1-7-10-16(14(17)19-5,15(18)20-6)11-8-9-13(4)12(2)3/h7-9,12H,1,4,10-11H2,2-3,5-6H3/b9-8+. The zero-order valence-electron chi connectivity index (χ0n) is 12.8. The summed E-state index contributed by atoms with van der Waals surface area (Å²) in [5.41, 5.74) is -0.453. The highest BCUT2D eigenvalue weighted by atomic mass is 16.5. The predicted octanol–water partition coefficient (Wildman–Crippen LogP) is 3.05. The Balaban J connectivity index is 5.30. The number of carbonyl (C=O) groups is 2. The van der Waals surface area contributed by atoms with Crippen LogP contribution in [0, 0.1) is 11.3 Å². The maximum atomic E-state index is 12.0. The van der Waals surface area contributed by atoms with E-state index >= 15 is 0 Å². The molecule has 4 nitrogen and oxygen atoms in total. The fourth-order valence-corrected chi connectivity index (χ4v) is 1.74. The minimum absolute atomic E-state index is 0.158. The molecular weight excluding hydrogens is 256 g/mol. The van der Waals surface area contributed by atoms with Gasteiger partial charge in [-0.25, -0.2) is 0 Å². The van der Waals surface area contributed by atoms with Crippen molar-refractivity contribution in [3.8, 4) is 0 Å². The average Bonchev–Trinajstić information content (AvgIpc) is 2.44. The number of esters is 2. The molecule has 0 aliphatic heterocycles. The Morgan fingerprint density at radius 2 is 1.65 bits per heavy atom. The lowest BCUT2D eigenvalue weighted by Gasteiger charge is -2.25. The van der Waals surface area contributed by atoms with Gasteiger partial charge in [0.2, 0.25) is 0 Å². The van der Waals surface area contributed by atoms with Crippen LogP contribution in [0.4, 0.5) is 0 Å². The third-order valence-electron chi connectivity index (χ3n) is 3.18. The number of allylic oxidation sites excluding steroid dienone is 4. The van der Waals surface area contributed by atoms with E-state index in [-0.39, 0.29) is 12.8 Å². The number of hydrogen-bond donors (Lipinski definition) is 0. The van der Waals surface area contributed by atoms with Gasteiger partial charge in [0.05, 0.1) is 14.2 Å². The molecule has 0 saturated heterocycles. The van der Waals surface area contributed by atoms with E-state index in [0.717, 1.165) is 5.57 Å². The van der Waals surface area contributed by atoms with Gasteiger partial charge in [-0.3, -0.25) is 9.59 Å². The molecule has 0 unspecified atom stereocenters. The minimum Gasteiger partial charge on any atom is -0.468 e. The molecule has 0 aromatic heterocycles.